The molecular weight excluding hydrogens is 316 g/mol. The normalized spacial score (nSPS) is 10.6. The van der Waals surface area contributed by atoms with Crippen molar-refractivity contribution in [2.45, 2.75) is 6.92 Å². The van der Waals surface area contributed by atoms with Gasteiger partial charge in [0.15, 0.2) is 5.43 Å². The number of thiocarbonyl (C=S) groups is 1. The van der Waals surface area contributed by atoms with Crippen LogP contribution in [-0.4, -0.2) is 9.97 Å². The molecule has 22 heavy (non-hydrogen) atoms. The molecule has 0 aliphatic carbocycles. The van der Waals surface area contributed by atoms with Gasteiger partial charge in [0.25, 0.3) is 0 Å². The molecule has 3 aromatic rings. The molecule has 1 aromatic heterocycles. The Labute approximate surface area is 137 Å². The molecule has 3 nitrogen and oxygen atoms in total. The lowest BCUT2D eigenvalue weighted by Gasteiger charge is -2.09. The van der Waals surface area contributed by atoms with E-state index in [1.165, 1.54) is 0 Å². The van der Waals surface area contributed by atoms with Crippen molar-refractivity contribution in [3.63, 3.8) is 0 Å². The molecule has 0 bridgehead atoms. The van der Waals surface area contributed by atoms with E-state index in [1.807, 2.05) is 37.3 Å². The first-order chi connectivity index (χ1) is 10.5. The van der Waals surface area contributed by atoms with Gasteiger partial charge in [-0.15, -0.1) is 0 Å². The summed E-state index contributed by atoms with van der Waals surface area (Å²) in [6.45, 7) is 1.95. The Balaban J connectivity index is 2.01. The Kier molecular flexibility index (Phi) is 3.96. The zero-order valence-electron chi connectivity index (χ0n) is 11.8. The number of benzene rings is 2. The highest BCUT2D eigenvalue weighted by Gasteiger charge is 2.10. The van der Waals surface area contributed by atoms with Gasteiger partial charge in [-0.3, -0.25) is 4.79 Å². The van der Waals surface area contributed by atoms with Crippen molar-refractivity contribution >= 4 is 45.4 Å². The van der Waals surface area contributed by atoms with Gasteiger partial charge in [0.2, 0.25) is 0 Å². The van der Waals surface area contributed by atoms with E-state index >= 15 is 0 Å². The average Bonchev–Trinajstić information content (AvgIpc) is 2.48. The lowest BCUT2D eigenvalue weighted by atomic mass is 10.1. The number of halogens is 1. The molecule has 0 aliphatic heterocycles. The second-order valence-electron chi connectivity index (χ2n) is 5.04. The number of nitrogens with one attached hydrogen (secondary N) is 2. The van der Waals surface area contributed by atoms with Gasteiger partial charge in [-0.2, -0.15) is 0 Å². The fourth-order valence-corrected chi connectivity index (χ4v) is 2.73. The molecule has 5 heteroatoms. The molecule has 110 valence electrons. The van der Waals surface area contributed by atoms with Crippen LogP contribution >= 0.6 is 23.8 Å². The third-order valence-corrected chi connectivity index (χ3v) is 3.92. The fourth-order valence-electron chi connectivity index (χ4n) is 2.27. The van der Waals surface area contributed by atoms with E-state index in [0.29, 0.717) is 21.0 Å². The van der Waals surface area contributed by atoms with Gasteiger partial charge in [-0.1, -0.05) is 41.5 Å². The third-order valence-electron chi connectivity index (χ3n) is 3.36. The number of hydrogen-bond acceptors (Lipinski definition) is 2. The second kappa shape index (κ2) is 5.91. The standard InChI is InChI=1S/C17H13ClN2OS/c1-10-5-6-15-13(7-10)16(21)14(9-19-15)17(22)20-12-4-2-3-11(18)8-12/h2-9H,1H3,(H,19,21)(H,20,22). The molecule has 0 fully saturated rings. The van der Waals surface area contributed by atoms with Crippen LogP contribution in [-0.2, 0) is 0 Å². The van der Waals surface area contributed by atoms with Crippen LogP contribution in [0.3, 0.4) is 0 Å². The summed E-state index contributed by atoms with van der Waals surface area (Å²) in [6, 6.07) is 12.9. The molecule has 2 aromatic carbocycles. The van der Waals surface area contributed by atoms with Gasteiger partial charge in [-0.05, 0) is 37.3 Å². The molecule has 3 rings (SSSR count). The average molecular weight is 329 g/mol. The summed E-state index contributed by atoms with van der Waals surface area (Å²) < 4.78 is 0. The summed E-state index contributed by atoms with van der Waals surface area (Å²) in [5, 5.41) is 4.29. The van der Waals surface area contributed by atoms with Gasteiger partial charge in [0, 0.05) is 27.8 Å². The highest BCUT2D eigenvalue weighted by molar-refractivity contribution is 7.81. The summed E-state index contributed by atoms with van der Waals surface area (Å²) >= 11 is 11.3. The minimum Gasteiger partial charge on any atom is -0.360 e. The Morgan fingerprint density at radius 2 is 2.05 bits per heavy atom. The van der Waals surface area contributed by atoms with Gasteiger partial charge in [0.05, 0.1) is 5.56 Å². The Bertz CT molecular complexity index is 933. The van der Waals surface area contributed by atoms with Gasteiger partial charge >= 0.3 is 0 Å². The van der Waals surface area contributed by atoms with Crippen LogP contribution in [0.5, 0.6) is 0 Å². The molecule has 0 saturated heterocycles. The van der Waals surface area contributed by atoms with Crippen LogP contribution in [0.25, 0.3) is 10.9 Å². The van der Waals surface area contributed by atoms with Crippen LogP contribution < -0.4 is 10.7 Å². The van der Waals surface area contributed by atoms with Gasteiger partial charge < -0.3 is 10.3 Å². The zero-order chi connectivity index (χ0) is 15.7. The highest BCUT2D eigenvalue weighted by atomic mass is 35.5. The largest absolute Gasteiger partial charge is 0.360 e. The van der Waals surface area contributed by atoms with E-state index < -0.39 is 0 Å². The van der Waals surface area contributed by atoms with Crippen molar-refractivity contribution in [1.29, 1.82) is 0 Å². The highest BCUT2D eigenvalue weighted by Crippen LogP contribution is 2.16. The summed E-state index contributed by atoms with van der Waals surface area (Å²) in [5.41, 5.74) is 2.93. The van der Waals surface area contributed by atoms with Crippen LogP contribution in [0.1, 0.15) is 11.1 Å². The summed E-state index contributed by atoms with van der Waals surface area (Å²) in [7, 11) is 0. The second-order valence-corrected chi connectivity index (χ2v) is 5.89. The van der Waals surface area contributed by atoms with E-state index in [-0.39, 0.29) is 5.43 Å². The maximum Gasteiger partial charge on any atom is 0.199 e. The molecule has 0 radical (unpaired) electrons. The topological polar surface area (TPSA) is 44.9 Å². The smallest absolute Gasteiger partial charge is 0.199 e. The Morgan fingerprint density at radius 3 is 2.82 bits per heavy atom. The lowest BCUT2D eigenvalue weighted by molar-refractivity contribution is 1.36. The SMILES string of the molecule is Cc1ccc2[nH]cc(C(=S)Nc3cccc(Cl)c3)c(=O)c2c1. The predicted octanol–water partition coefficient (Wildman–Crippen LogP) is 4.28. The van der Waals surface area contributed by atoms with Crippen LogP contribution in [0.4, 0.5) is 5.69 Å². The maximum atomic E-state index is 12.6. The first-order valence-electron chi connectivity index (χ1n) is 6.73. The van der Waals surface area contributed by atoms with Crippen LogP contribution in [0.2, 0.25) is 5.02 Å². The number of hydrogen-bond donors (Lipinski definition) is 2. The summed E-state index contributed by atoms with van der Waals surface area (Å²) in [6.07, 6.45) is 1.64. The zero-order valence-corrected chi connectivity index (χ0v) is 13.4. The summed E-state index contributed by atoms with van der Waals surface area (Å²) in [4.78, 5) is 16.1. The lowest BCUT2D eigenvalue weighted by Crippen LogP contribution is -2.21. The maximum absolute atomic E-state index is 12.6. The van der Waals surface area contributed by atoms with E-state index in [9.17, 15) is 4.79 Å². The molecule has 0 saturated carbocycles. The molecule has 0 atom stereocenters. The molecule has 0 aliphatic rings. The van der Waals surface area contributed by atoms with Crippen molar-refractivity contribution in [2.24, 2.45) is 0 Å². The van der Waals surface area contributed by atoms with E-state index in [4.69, 9.17) is 23.8 Å². The molecule has 1 heterocycles. The van der Waals surface area contributed by atoms with E-state index in [2.05, 4.69) is 10.3 Å². The molecule has 0 spiro atoms. The number of aromatic nitrogens is 1. The Morgan fingerprint density at radius 1 is 1.23 bits per heavy atom. The van der Waals surface area contributed by atoms with Crippen molar-refractivity contribution < 1.29 is 0 Å². The number of aromatic amines is 1. The first kappa shape index (κ1) is 14.8. The quantitative estimate of drug-likeness (QED) is 0.690. The van der Waals surface area contributed by atoms with Crippen molar-refractivity contribution in [3.8, 4) is 0 Å². The predicted molar refractivity (Wildman–Crippen MR) is 96.1 cm³/mol. The van der Waals surface area contributed by atoms with Crippen LogP contribution in [0.15, 0.2) is 53.5 Å². The molecular formula is C17H13ClN2OS. The van der Waals surface area contributed by atoms with E-state index in [0.717, 1.165) is 16.8 Å². The monoisotopic (exact) mass is 328 g/mol. The van der Waals surface area contributed by atoms with E-state index in [1.54, 1.807) is 18.3 Å². The minimum atomic E-state index is -0.0861. The van der Waals surface area contributed by atoms with Crippen molar-refractivity contribution in [2.75, 3.05) is 5.32 Å². The number of H-pyrrole nitrogens is 1. The molecule has 0 amide bonds. The number of aryl methyl sites for hydroxylation is 1. The number of fused-ring (bicyclic) bond motifs is 1. The number of pyridine rings is 1. The van der Waals surface area contributed by atoms with Crippen molar-refractivity contribution in [1.82, 2.24) is 4.98 Å². The van der Waals surface area contributed by atoms with Gasteiger partial charge in [0.1, 0.15) is 4.99 Å². The minimum absolute atomic E-state index is 0.0861. The number of rotatable bonds is 2. The summed E-state index contributed by atoms with van der Waals surface area (Å²) in [5.74, 6) is 0. The first-order valence-corrected chi connectivity index (χ1v) is 7.52. The van der Waals surface area contributed by atoms with Gasteiger partial charge in [-0.25, -0.2) is 0 Å². The molecule has 0 unspecified atom stereocenters. The fraction of sp³-hybridized carbons (Fsp3) is 0.0588. The Hall–Kier alpha value is -2.17. The third kappa shape index (κ3) is 2.89. The van der Waals surface area contributed by atoms with Crippen molar-refractivity contribution in [3.05, 3.63) is 75.0 Å². The molecule has 2 N–H and O–H groups in total. The van der Waals surface area contributed by atoms with Crippen LogP contribution in [0, 0.1) is 6.92 Å². The number of anilines is 1.